The molecule has 0 saturated heterocycles. The van der Waals surface area contributed by atoms with Crippen LogP contribution in [0.5, 0.6) is 0 Å². The van der Waals surface area contributed by atoms with Gasteiger partial charge in [-0.05, 0) is 0 Å². The van der Waals surface area contributed by atoms with Crippen molar-refractivity contribution in [2.24, 2.45) is 0 Å². The van der Waals surface area contributed by atoms with Gasteiger partial charge in [0.25, 0.3) is 0 Å². The Morgan fingerprint density at radius 2 is 1.00 bits per heavy atom. The Morgan fingerprint density at radius 1 is 1.00 bits per heavy atom. The van der Waals surface area contributed by atoms with E-state index in [1.807, 2.05) is 0 Å². The van der Waals surface area contributed by atoms with Gasteiger partial charge < -0.3 is 5.48 Å². The molecule has 0 aromatic carbocycles. The minimum Gasteiger partial charge on any atom is -0.412 e. The first-order valence-corrected chi connectivity index (χ1v) is 1.52. The largest absolute Gasteiger partial charge is 0.456 e. The average molecular weight is 145 g/mol. The molecular weight excluding hydrogens is 143 g/mol. The van der Waals surface area contributed by atoms with E-state index >= 15 is 0 Å². The molecule has 0 rings (SSSR count). The van der Waals surface area contributed by atoms with E-state index in [9.17, 15) is 12.6 Å². The van der Waals surface area contributed by atoms with Crippen LogP contribution in [-0.4, -0.2) is 56.9 Å². The molecule has 2 N–H and O–H groups in total. The van der Waals surface area contributed by atoms with Crippen LogP contribution in [0.1, 0.15) is 0 Å². The molecule has 0 aliphatic carbocycles. The normalized spacial score (nSPS) is 6.00. The fourth-order valence-corrected chi connectivity index (χ4v) is 0. The maximum absolute atomic E-state index is 9.73. The van der Waals surface area contributed by atoms with Crippen LogP contribution in [0.2, 0.25) is 0 Å². The van der Waals surface area contributed by atoms with Crippen LogP contribution >= 0.6 is 8.85 Å². The van der Waals surface area contributed by atoms with Crippen molar-refractivity contribution < 1.29 is 18.1 Å². The molecule has 0 saturated carbocycles. The number of halogens is 3. The molecular formula is H2F3KOP. The third kappa shape index (κ3) is 40.9. The quantitative estimate of drug-likeness (QED) is 0.358. The molecule has 0 heterocycles. The third-order valence-corrected chi connectivity index (χ3v) is 0. The van der Waals surface area contributed by atoms with Gasteiger partial charge in [0, 0.05) is 51.4 Å². The first-order valence-electron chi connectivity index (χ1n) is 0.507. The monoisotopic (exact) mass is 145 g/mol. The van der Waals surface area contributed by atoms with Gasteiger partial charge in [0.05, 0.1) is 0 Å². The number of hydrogen-bond acceptors (Lipinski definition) is 0. The molecule has 0 unspecified atom stereocenters. The van der Waals surface area contributed by atoms with Crippen LogP contribution in [0.3, 0.4) is 0 Å². The van der Waals surface area contributed by atoms with Crippen LogP contribution in [0, 0.1) is 0 Å². The van der Waals surface area contributed by atoms with E-state index in [-0.39, 0.29) is 56.9 Å². The molecule has 0 aromatic heterocycles. The molecule has 0 bridgehead atoms. The Bertz CT molecular complexity index is 15.5. The Morgan fingerprint density at radius 3 is 1.00 bits per heavy atom. The van der Waals surface area contributed by atoms with Crippen LogP contribution in [-0.2, 0) is 0 Å². The fraction of sp³-hybridized carbons (Fsp3) is 0. The standard InChI is InChI=1S/F3P.K.H2O/c1-4(2)3;;/h;;1H2. The minimum absolute atomic E-state index is 0. The Kier molecular flexibility index (Phi) is 25.9. The van der Waals surface area contributed by atoms with Crippen molar-refractivity contribution in [2.75, 3.05) is 0 Å². The van der Waals surface area contributed by atoms with Gasteiger partial charge in [-0.2, -0.15) is 12.6 Å². The van der Waals surface area contributed by atoms with Crippen molar-refractivity contribution in [3.8, 4) is 0 Å². The second-order valence-electron chi connectivity index (χ2n) is 0.192. The summed E-state index contributed by atoms with van der Waals surface area (Å²) in [5, 5.41) is 0. The van der Waals surface area contributed by atoms with Crippen LogP contribution in [0.4, 0.5) is 12.6 Å². The molecule has 0 aliphatic heterocycles. The number of rotatable bonds is 0. The smallest absolute Gasteiger partial charge is 0.412 e. The summed E-state index contributed by atoms with van der Waals surface area (Å²) in [7, 11) is -4.12. The van der Waals surface area contributed by atoms with Crippen molar-refractivity contribution in [3.05, 3.63) is 0 Å². The zero-order chi connectivity index (χ0) is 3.58. The Hall–Kier alpha value is 1.82. The van der Waals surface area contributed by atoms with Crippen LogP contribution in [0.25, 0.3) is 0 Å². The molecule has 0 fully saturated rings. The van der Waals surface area contributed by atoms with E-state index in [1.54, 1.807) is 0 Å². The van der Waals surface area contributed by atoms with Gasteiger partial charge in [-0.25, -0.2) is 0 Å². The molecule has 6 heteroatoms. The van der Waals surface area contributed by atoms with Gasteiger partial charge in [-0.3, -0.25) is 0 Å². The van der Waals surface area contributed by atoms with Crippen molar-refractivity contribution in [2.45, 2.75) is 0 Å². The van der Waals surface area contributed by atoms with Crippen LogP contribution in [0.15, 0.2) is 0 Å². The van der Waals surface area contributed by atoms with E-state index < -0.39 is 8.85 Å². The van der Waals surface area contributed by atoms with Crippen molar-refractivity contribution >= 4 is 60.2 Å². The Balaban J connectivity index is -0.0000000450. The molecule has 0 aromatic rings. The van der Waals surface area contributed by atoms with E-state index in [2.05, 4.69) is 0 Å². The Labute approximate surface area is 77.1 Å². The van der Waals surface area contributed by atoms with Crippen molar-refractivity contribution in [3.63, 3.8) is 0 Å². The van der Waals surface area contributed by atoms with Gasteiger partial charge in [-0.15, -0.1) is 0 Å². The van der Waals surface area contributed by atoms with E-state index in [0.717, 1.165) is 0 Å². The summed E-state index contributed by atoms with van der Waals surface area (Å²) >= 11 is 0. The summed E-state index contributed by atoms with van der Waals surface area (Å²) < 4.78 is 29.2. The van der Waals surface area contributed by atoms with Crippen molar-refractivity contribution in [1.29, 1.82) is 0 Å². The van der Waals surface area contributed by atoms with Gasteiger partial charge in [-0.1, -0.05) is 0 Å². The molecule has 0 aliphatic rings. The molecule has 0 spiro atoms. The fourth-order valence-electron chi connectivity index (χ4n) is 0. The topological polar surface area (TPSA) is 31.5 Å². The van der Waals surface area contributed by atoms with E-state index in [0.29, 0.717) is 0 Å². The summed E-state index contributed by atoms with van der Waals surface area (Å²) in [5.74, 6) is 0. The zero-order valence-electron chi connectivity index (χ0n) is 3.08. The maximum atomic E-state index is 9.73. The first-order chi connectivity index (χ1) is 1.73. The first kappa shape index (κ1) is 15.7. The molecule has 1 nitrogen and oxygen atoms in total. The van der Waals surface area contributed by atoms with E-state index in [1.165, 1.54) is 0 Å². The minimum atomic E-state index is -4.12. The van der Waals surface area contributed by atoms with Gasteiger partial charge in [0.1, 0.15) is 0 Å². The predicted octanol–water partition coefficient (Wildman–Crippen LogP) is 0.916. The van der Waals surface area contributed by atoms with Gasteiger partial charge >= 0.3 is 8.85 Å². The molecule has 6 heavy (non-hydrogen) atoms. The van der Waals surface area contributed by atoms with Crippen molar-refractivity contribution in [1.82, 2.24) is 0 Å². The summed E-state index contributed by atoms with van der Waals surface area (Å²) in [6.07, 6.45) is 0. The second kappa shape index (κ2) is 9.94. The average Bonchev–Trinajstić information content (AvgIpc) is 0.811. The summed E-state index contributed by atoms with van der Waals surface area (Å²) in [4.78, 5) is 0. The summed E-state index contributed by atoms with van der Waals surface area (Å²) in [6, 6.07) is 0. The molecule has 0 amide bonds. The predicted molar refractivity (Wildman–Crippen MR) is 19.6 cm³/mol. The zero-order valence-corrected chi connectivity index (χ0v) is 7.10. The molecule has 0 atom stereocenters. The van der Waals surface area contributed by atoms with Gasteiger partial charge in [0.2, 0.25) is 0 Å². The molecule has 1 radical (unpaired) electrons. The molecule has 35 valence electrons. The second-order valence-corrected chi connectivity index (χ2v) is 0.575. The van der Waals surface area contributed by atoms with E-state index in [4.69, 9.17) is 0 Å². The third-order valence-electron chi connectivity index (χ3n) is 0. The van der Waals surface area contributed by atoms with Gasteiger partial charge in [0.15, 0.2) is 0 Å². The summed E-state index contributed by atoms with van der Waals surface area (Å²) in [6.45, 7) is 0. The number of hydrogen-bond donors (Lipinski definition) is 0. The summed E-state index contributed by atoms with van der Waals surface area (Å²) in [5.41, 5.74) is 0. The van der Waals surface area contributed by atoms with Crippen LogP contribution < -0.4 is 0 Å². The maximum Gasteiger partial charge on any atom is 0.456 e. The SMILES string of the molecule is FP(F)F.O.[K].